The molecule has 0 fully saturated rings. The summed E-state index contributed by atoms with van der Waals surface area (Å²) in [6, 6.07) is 30.8. The van der Waals surface area contributed by atoms with Crippen molar-refractivity contribution in [3.8, 4) is 0 Å². The number of hydrogen-bond donors (Lipinski definition) is 0. The third-order valence-electron chi connectivity index (χ3n) is 5.76. The van der Waals surface area contributed by atoms with Crippen molar-refractivity contribution in [1.29, 1.82) is 0 Å². The molecule has 0 N–H and O–H groups in total. The van der Waals surface area contributed by atoms with Gasteiger partial charge in [-0.25, -0.2) is 0 Å². The topological polar surface area (TPSA) is 0 Å². The minimum atomic E-state index is 1.08. The van der Waals surface area contributed by atoms with E-state index in [4.69, 9.17) is 0 Å². The van der Waals surface area contributed by atoms with Gasteiger partial charge in [-0.2, -0.15) is 0 Å². The Hall–Kier alpha value is -2.42. The van der Waals surface area contributed by atoms with Crippen molar-refractivity contribution < 1.29 is 0 Å². The van der Waals surface area contributed by atoms with Crippen LogP contribution in [0.1, 0.15) is 0 Å². The van der Waals surface area contributed by atoms with Crippen LogP contribution in [-0.2, 0) is 0 Å². The van der Waals surface area contributed by atoms with E-state index in [1.54, 1.807) is 0 Å². The zero-order chi connectivity index (χ0) is 18.8. The SMILES string of the molecule is Brc1ccc2c3ccc4ccc5ccccc5c4c3c3ccccc3c2c1Br. The van der Waals surface area contributed by atoms with Gasteiger partial charge in [-0.3, -0.25) is 0 Å². The van der Waals surface area contributed by atoms with Crippen LogP contribution in [0.15, 0.2) is 93.9 Å². The van der Waals surface area contributed by atoms with Gasteiger partial charge in [-0.1, -0.05) is 78.9 Å². The first-order chi connectivity index (χ1) is 13.7. The zero-order valence-corrected chi connectivity index (χ0v) is 18.0. The van der Waals surface area contributed by atoms with Crippen LogP contribution in [0.4, 0.5) is 0 Å². The fourth-order valence-corrected chi connectivity index (χ4v) is 5.45. The Morgan fingerprint density at radius 2 is 0.929 bits per heavy atom. The standard InChI is InChI=1S/C26H14Br2/c27-22-14-13-21-20-12-11-16-10-9-15-5-1-2-6-17(15)23(16)24(20)18-7-3-4-8-19(18)25(21)26(22)28/h1-14H. The smallest absolute Gasteiger partial charge is 0.0402 e. The second kappa shape index (κ2) is 6.04. The molecule has 0 aliphatic heterocycles. The lowest BCUT2D eigenvalue weighted by molar-refractivity contribution is 1.69. The Morgan fingerprint density at radius 1 is 0.393 bits per heavy atom. The first-order valence-electron chi connectivity index (χ1n) is 9.26. The molecular formula is C26H14Br2. The maximum absolute atomic E-state index is 3.83. The summed E-state index contributed by atoms with van der Waals surface area (Å²) in [5.41, 5.74) is 0. The average molecular weight is 486 g/mol. The van der Waals surface area contributed by atoms with Crippen LogP contribution >= 0.6 is 31.9 Å². The summed E-state index contributed by atoms with van der Waals surface area (Å²) in [6.45, 7) is 0. The van der Waals surface area contributed by atoms with E-state index in [9.17, 15) is 0 Å². The summed E-state index contributed by atoms with van der Waals surface area (Å²) >= 11 is 7.52. The Balaban J connectivity index is 2.04. The molecule has 0 saturated heterocycles. The van der Waals surface area contributed by atoms with Crippen molar-refractivity contribution in [2.45, 2.75) is 0 Å². The summed E-state index contributed by atoms with van der Waals surface area (Å²) < 4.78 is 2.19. The summed E-state index contributed by atoms with van der Waals surface area (Å²) in [7, 11) is 0. The van der Waals surface area contributed by atoms with E-state index in [2.05, 4.69) is 117 Å². The van der Waals surface area contributed by atoms with E-state index in [0.29, 0.717) is 0 Å². The Bertz CT molecular complexity index is 1560. The second-order valence-corrected chi connectivity index (χ2v) is 8.85. The van der Waals surface area contributed by atoms with Gasteiger partial charge in [0.05, 0.1) is 0 Å². The highest BCUT2D eigenvalue weighted by atomic mass is 79.9. The van der Waals surface area contributed by atoms with Gasteiger partial charge in [0.15, 0.2) is 0 Å². The Kier molecular flexibility index (Phi) is 3.56. The first kappa shape index (κ1) is 16.5. The average Bonchev–Trinajstić information content (AvgIpc) is 2.75. The van der Waals surface area contributed by atoms with Gasteiger partial charge in [0, 0.05) is 14.3 Å². The Morgan fingerprint density at radius 3 is 1.75 bits per heavy atom. The van der Waals surface area contributed by atoms with E-state index in [-0.39, 0.29) is 0 Å². The number of benzene rings is 6. The lowest BCUT2D eigenvalue weighted by atomic mass is 9.89. The molecule has 0 unspecified atom stereocenters. The highest BCUT2D eigenvalue weighted by Crippen LogP contribution is 2.44. The molecule has 6 rings (SSSR count). The maximum Gasteiger partial charge on any atom is 0.0402 e. The summed E-state index contributed by atoms with van der Waals surface area (Å²) in [6.07, 6.45) is 0. The van der Waals surface area contributed by atoms with Gasteiger partial charge in [-0.15, -0.1) is 0 Å². The van der Waals surface area contributed by atoms with Crippen molar-refractivity contribution in [1.82, 2.24) is 0 Å². The molecule has 0 amide bonds. The van der Waals surface area contributed by atoms with Crippen LogP contribution in [0.5, 0.6) is 0 Å². The van der Waals surface area contributed by atoms with Crippen molar-refractivity contribution in [2.24, 2.45) is 0 Å². The third kappa shape index (κ3) is 2.16. The molecule has 28 heavy (non-hydrogen) atoms. The number of hydrogen-bond acceptors (Lipinski definition) is 0. The lowest BCUT2D eigenvalue weighted by Gasteiger charge is -2.15. The fourth-order valence-electron chi connectivity index (χ4n) is 4.56. The van der Waals surface area contributed by atoms with Crippen LogP contribution < -0.4 is 0 Å². The minimum Gasteiger partial charge on any atom is -0.0616 e. The lowest BCUT2D eigenvalue weighted by Crippen LogP contribution is -1.87. The molecule has 0 aliphatic carbocycles. The quantitative estimate of drug-likeness (QED) is 0.188. The van der Waals surface area contributed by atoms with E-state index < -0.39 is 0 Å². The van der Waals surface area contributed by atoms with Crippen LogP contribution in [0.2, 0.25) is 0 Å². The molecule has 0 spiro atoms. The number of halogens is 2. The Labute approximate surface area is 179 Å². The van der Waals surface area contributed by atoms with E-state index in [1.165, 1.54) is 53.9 Å². The highest BCUT2D eigenvalue weighted by Gasteiger charge is 2.15. The fraction of sp³-hybridized carbons (Fsp3) is 0. The minimum absolute atomic E-state index is 1.08. The third-order valence-corrected chi connectivity index (χ3v) is 7.78. The second-order valence-electron chi connectivity index (χ2n) is 7.20. The van der Waals surface area contributed by atoms with Crippen LogP contribution in [0, 0.1) is 0 Å². The number of rotatable bonds is 0. The van der Waals surface area contributed by atoms with Crippen molar-refractivity contribution in [2.75, 3.05) is 0 Å². The van der Waals surface area contributed by atoms with Crippen molar-refractivity contribution >= 4 is 85.7 Å². The molecule has 0 aliphatic rings. The van der Waals surface area contributed by atoms with Crippen LogP contribution in [-0.4, -0.2) is 0 Å². The number of fused-ring (bicyclic) bond motifs is 10. The molecule has 0 nitrogen and oxygen atoms in total. The van der Waals surface area contributed by atoms with Gasteiger partial charge >= 0.3 is 0 Å². The van der Waals surface area contributed by atoms with Crippen LogP contribution in [0.3, 0.4) is 0 Å². The summed E-state index contributed by atoms with van der Waals surface area (Å²) in [4.78, 5) is 0. The zero-order valence-electron chi connectivity index (χ0n) is 14.8. The molecule has 2 heteroatoms. The highest BCUT2D eigenvalue weighted by molar-refractivity contribution is 9.13. The molecule has 0 saturated carbocycles. The molecule has 0 heterocycles. The summed E-state index contributed by atoms with van der Waals surface area (Å²) in [5, 5.41) is 13.0. The van der Waals surface area contributed by atoms with Gasteiger partial charge in [-0.05, 0) is 86.4 Å². The molecular weight excluding hydrogens is 472 g/mol. The van der Waals surface area contributed by atoms with E-state index in [0.717, 1.165) is 8.95 Å². The molecule has 0 radical (unpaired) electrons. The summed E-state index contributed by atoms with van der Waals surface area (Å²) in [5.74, 6) is 0. The predicted octanol–water partition coefficient (Wildman–Crippen LogP) is 8.98. The van der Waals surface area contributed by atoms with Gasteiger partial charge in [0.1, 0.15) is 0 Å². The molecule has 132 valence electrons. The largest absolute Gasteiger partial charge is 0.0616 e. The normalized spacial score (nSPS) is 11.9. The van der Waals surface area contributed by atoms with E-state index in [1.807, 2.05) is 0 Å². The monoisotopic (exact) mass is 484 g/mol. The van der Waals surface area contributed by atoms with Crippen molar-refractivity contribution in [3.63, 3.8) is 0 Å². The molecule has 6 aromatic carbocycles. The molecule has 6 aromatic rings. The van der Waals surface area contributed by atoms with Gasteiger partial charge < -0.3 is 0 Å². The van der Waals surface area contributed by atoms with Gasteiger partial charge in [0.25, 0.3) is 0 Å². The molecule has 0 aromatic heterocycles. The van der Waals surface area contributed by atoms with E-state index >= 15 is 0 Å². The maximum atomic E-state index is 3.83. The van der Waals surface area contributed by atoms with Crippen molar-refractivity contribution in [3.05, 3.63) is 93.9 Å². The van der Waals surface area contributed by atoms with Gasteiger partial charge in [0.2, 0.25) is 0 Å². The predicted molar refractivity (Wildman–Crippen MR) is 129 cm³/mol. The first-order valence-corrected chi connectivity index (χ1v) is 10.9. The van der Waals surface area contributed by atoms with Crippen LogP contribution in [0.25, 0.3) is 53.9 Å². The molecule has 0 atom stereocenters. The molecule has 0 bridgehead atoms.